The molecule has 248 valence electrons. The van der Waals surface area contributed by atoms with Crippen LogP contribution >= 0.6 is 0 Å². The van der Waals surface area contributed by atoms with Crippen molar-refractivity contribution in [1.82, 2.24) is 30.7 Å². The Morgan fingerprint density at radius 1 is 0.500 bits per heavy atom. The molecule has 3 aliphatic rings. The lowest BCUT2D eigenvalue weighted by molar-refractivity contribution is 0.169. The molecule has 13 heteroatoms. The van der Waals surface area contributed by atoms with Gasteiger partial charge in [0.05, 0.1) is 0 Å². The SMILES string of the molecule is CO[Si](C)(CCC(C)N1CCNCC1)O[Si](C)(CCC(C)N1CCNCC1)O[Si](C)(CCC(C)N1CCNCC1)OC. The first-order valence-corrected chi connectivity index (χ1v) is 24.4. The maximum absolute atomic E-state index is 7.28. The number of piperazine rings is 3. The van der Waals surface area contributed by atoms with E-state index in [4.69, 9.17) is 17.1 Å². The van der Waals surface area contributed by atoms with E-state index in [-0.39, 0.29) is 0 Å². The van der Waals surface area contributed by atoms with Crippen LogP contribution in [0.2, 0.25) is 37.8 Å². The zero-order chi connectivity index (χ0) is 30.6. The largest absolute Gasteiger partial charge is 0.415 e. The van der Waals surface area contributed by atoms with Crippen LogP contribution in [0.1, 0.15) is 40.0 Å². The van der Waals surface area contributed by atoms with E-state index < -0.39 is 25.7 Å². The molecule has 0 aromatic carbocycles. The van der Waals surface area contributed by atoms with Crippen molar-refractivity contribution in [3.05, 3.63) is 0 Å². The van der Waals surface area contributed by atoms with Gasteiger partial charge in [0.1, 0.15) is 0 Å². The van der Waals surface area contributed by atoms with Crippen LogP contribution in [0, 0.1) is 0 Å². The molecule has 0 saturated carbocycles. The Morgan fingerprint density at radius 2 is 0.762 bits per heavy atom. The fourth-order valence-electron chi connectivity index (χ4n) is 6.76. The summed E-state index contributed by atoms with van der Waals surface area (Å²) in [4.78, 5) is 7.84. The summed E-state index contributed by atoms with van der Waals surface area (Å²) in [6.07, 6.45) is 3.28. The van der Waals surface area contributed by atoms with Crippen molar-refractivity contribution in [2.45, 2.75) is 95.9 Å². The fraction of sp³-hybridized carbons (Fsp3) is 1.00. The van der Waals surface area contributed by atoms with Crippen LogP contribution in [-0.2, 0) is 17.1 Å². The molecule has 3 heterocycles. The molecule has 0 spiro atoms. The van der Waals surface area contributed by atoms with Crippen LogP contribution in [-0.4, -0.2) is 151 Å². The summed E-state index contributed by atoms with van der Waals surface area (Å²) in [6.45, 7) is 27.2. The van der Waals surface area contributed by atoms with Gasteiger partial charge in [-0.2, -0.15) is 0 Å². The Labute approximate surface area is 261 Å². The first kappa shape index (κ1) is 36.7. The topological polar surface area (TPSA) is 82.7 Å². The maximum Gasteiger partial charge on any atom is 0.325 e. The summed E-state index contributed by atoms with van der Waals surface area (Å²) >= 11 is 0. The standard InChI is InChI=1S/C29H66N6O4Si3/c1-27(33-18-12-30-13-19-33)9-24-40(6,36-4)38-42(8,26-11-29(3)35-22-16-32-17-23-35)39-41(7,37-5)25-10-28(2)34-20-14-31-15-21-34/h27-32H,9-26H2,1-8H3. The third-order valence-electron chi connectivity index (χ3n) is 10.1. The van der Waals surface area contributed by atoms with Gasteiger partial charge in [0.15, 0.2) is 0 Å². The second-order valence-electron chi connectivity index (χ2n) is 13.5. The first-order valence-electron chi connectivity index (χ1n) is 16.9. The van der Waals surface area contributed by atoms with Crippen LogP contribution in [0.15, 0.2) is 0 Å². The molecule has 3 aliphatic heterocycles. The van der Waals surface area contributed by atoms with E-state index in [9.17, 15) is 0 Å². The lowest BCUT2D eigenvalue weighted by Gasteiger charge is -2.43. The van der Waals surface area contributed by atoms with E-state index in [0.29, 0.717) is 18.1 Å². The monoisotopic (exact) mass is 646 g/mol. The third-order valence-corrected chi connectivity index (χ3v) is 22.3. The van der Waals surface area contributed by atoms with Crippen molar-refractivity contribution < 1.29 is 17.1 Å². The summed E-state index contributed by atoms with van der Waals surface area (Å²) in [6, 6.07) is 4.51. The van der Waals surface area contributed by atoms with Crippen molar-refractivity contribution in [1.29, 1.82) is 0 Å². The minimum absolute atomic E-state index is 0.512. The van der Waals surface area contributed by atoms with Crippen LogP contribution in [0.25, 0.3) is 0 Å². The zero-order valence-electron chi connectivity index (χ0n) is 28.4. The molecule has 42 heavy (non-hydrogen) atoms. The number of nitrogens with one attached hydrogen (secondary N) is 3. The normalized spacial score (nSPS) is 26.6. The lowest BCUT2D eigenvalue weighted by atomic mass is 10.2. The molecule has 5 atom stereocenters. The molecule has 5 unspecified atom stereocenters. The second kappa shape index (κ2) is 17.8. The highest BCUT2D eigenvalue weighted by Crippen LogP contribution is 2.32. The van der Waals surface area contributed by atoms with Gasteiger partial charge in [0, 0.05) is 111 Å². The van der Waals surface area contributed by atoms with Gasteiger partial charge in [-0.3, -0.25) is 14.7 Å². The molecule has 0 aromatic heterocycles. The quantitative estimate of drug-likeness (QED) is 0.193. The highest BCUT2D eigenvalue weighted by atomic mass is 28.5. The Kier molecular flexibility index (Phi) is 15.6. The molecule has 10 nitrogen and oxygen atoms in total. The van der Waals surface area contributed by atoms with Crippen molar-refractivity contribution >= 4 is 25.7 Å². The maximum atomic E-state index is 7.28. The molecule has 3 rings (SSSR count). The second-order valence-corrected chi connectivity index (χ2v) is 24.3. The van der Waals surface area contributed by atoms with Gasteiger partial charge in [0.2, 0.25) is 0 Å². The van der Waals surface area contributed by atoms with Gasteiger partial charge in [-0.05, 0) is 77.8 Å². The van der Waals surface area contributed by atoms with Gasteiger partial charge in [-0.25, -0.2) is 0 Å². The number of rotatable bonds is 18. The Bertz CT molecular complexity index is 717. The molecule has 3 N–H and O–H groups in total. The summed E-state index contributed by atoms with van der Waals surface area (Å²) in [5.41, 5.74) is 0. The minimum Gasteiger partial charge on any atom is -0.415 e. The molecule has 3 saturated heterocycles. The lowest BCUT2D eigenvalue weighted by Crippen LogP contribution is -2.58. The van der Waals surface area contributed by atoms with Gasteiger partial charge in [0.25, 0.3) is 0 Å². The molecule has 0 bridgehead atoms. The number of nitrogens with zero attached hydrogens (tertiary/aromatic N) is 3. The van der Waals surface area contributed by atoms with Crippen molar-refractivity contribution in [3.8, 4) is 0 Å². The fourth-order valence-corrected chi connectivity index (χ4v) is 20.1. The van der Waals surface area contributed by atoms with Crippen molar-refractivity contribution in [2.75, 3.05) is 92.8 Å². The van der Waals surface area contributed by atoms with Gasteiger partial charge >= 0.3 is 25.7 Å². The predicted octanol–water partition coefficient (Wildman–Crippen LogP) is 2.58. The van der Waals surface area contributed by atoms with E-state index in [0.717, 1.165) is 116 Å². The molecule has 0 radical (unpaired) electrons. The van der Waals surface area contributed by atoms with Crippen LogP contribution in [0.4, 0.5) is 0 Å². The van der Waals surface area contributed by atoms with E-state index in [1.165, 1.54) is 0 Å². The molecular weight excluding hydrogens is 581 g/mol. The Morgan fingerprint density at radius 3 is 1.02 bits per heavy atom. The minimum atomic E-state index is -2.63. The van der Waals surface area contributed by atoms with Gasteiger partial charge < -0.3 is 33.0 Å². The average Bonchev–Trinajstić information content (AvgIpc) is 3.02. The highest BCUT2D eigenvalue weighted by Gasteiger charge is 2.48. The molecule has 0 amide bonds. The molecule has 0 aliphatic carbocycles. The summed E-state index contributed by atoms with van der Waals surface area (Å²) in [5, 5.41) is 10.5. The van der Waals surface area contributed by atoms with E-state index in [2.05, 4.69) is 71.1 Å². The summed E-state index contributed by atoms with van der Waals surface area (Å²) in [5.74, 6) is 0. The van der Waals surface area contributed by atoms with Crippen molar-refractivity contribution in [2.24, 2.45) is 0 Å². The molecule has 3 fully saturated rings. The van der Waals surface area contributed by atoms with E-state index in [1.807, 2.05) is 14.2 Å². The summed E-state index contributed by atoms with van der Waals surface area (Å²) < 4.78 is 27.2. The van der Waals surface area contributed by atoms with Gasteiger partial charge in [-0.1, -0.05) is 0 Å². The van der Waals surface area contributed by atoms with E-state index in [1.54, 1.807) is 0 Å². The Hall–Kier alpha value is 0.251. The zero-order valence-corrected chi connectivity index (χ0v) is 31.4. The first-order chi connectivity index (χ1) is 20.0. The smallest absolute Gasteiger partial charge is 0.325 e. The van der Waals surface area contributed by atoms with Crippen molar-refractivity contribution in [3.63, 3.8) is 0 Å². The number of hydrogen-bond donors (Lipinski definition) is 3. The molecule has 0 aromatic rings. The molecular formula is C29H66N6O4Si3. The average molecular weight is 647 g/mol. The van der Waals surface area contributed by atoms with Crippen LogP contribution in [0.3, 0.4) is 0 Å². The predicted molar refractivity (Wildman–Crippen MR) is 181 cm³/mol. The third kappa shape index (κ3) is 11.9. The van der Waals surface area contributed by atoms with Crippen LogP contribution < -0.4 is 16.0 Å². The van der Waals surface area contributed by atoms with E-state index >= 15 is 0 Å². The number of hydrogen-bond acceptors (Lipinski definition) is 10. The Balaban J connectivity index is 1.69. The van der Waals surface area contributed by atoms with Gasteiger partial charge in [-0.15, -0.1) is 0 Å². The summed E-state index contributed by atoms with van der Waals surface area (Å²) in [7, 11) is -3.82. The van der Waals surface area contributed by atoms with Crippen LogP contribution in [0.5, 0.6) is 0 Å². The highest BCUT2D eigenvalue weighted by molar-refractivity contribution is 6.85.